The van der Waals surface area contributed by atoms with Crippen LogP contribution in [0.1, 0.15) is 17.2 Å². The Morgan fingerprint density at radius 2 is 2.00 bits per heavy atom. The van der Waals surface area contributed by atoms with Crippen molar-refractivity contribution in [3.8, 4) is 5.75 Å². The minimum Gasteiger partial charge on any atom is -0.495 e. The van der Waals surface area contributed by atoms with E-state index in [4.69, 9.17) is 16.3 Å². The van der Waals surface area contributed by atoms with Gasteiger partial charge in [0.15, 0.2) is 0 Å². The Balaban J connectivity index is 2.38. The van der Waals surface area contributed by atoms with E-state index in [1.807, 2.05) is 22.6 Å². The summed E-state index contributed by atoms with van der Waals surface area (Å²) in [6.07, 6.45) is -0.851. The van der Waals surface area contributed by atoms with Crippen LogP contribution in [0.4, 0.5) is 4.39 Å². The van der Waals surface area contributed by atoms with Crippen molar-refractivity contribution in [2.75, 3.05) is 7.11 Å². The number of hydrogen-bond acceptors (Lipinski definition) is 2. The molecule has 1 atom stereocenters. The van der Waals surface area contributed by atoms with Crippen LogP contribution in [0.15, 0.2) is 36.4 Å². The van der Waals surface area contributed by atoms with Crippen LogP contribution < -0.4 is 4.74 Å². The molecule has 0 saturated heterocycles. The van der Waals surface area contributed by atoms with Crippen molar-refractivity contribution in [1.29, 1.82) is 0 Å². The predicted molar refractivity (Wildman–Crippen MR) is 81.2 cm³/mol. The Kier molecular flexibility index (Phi) is 4.65. The van der Waals surface area contributed by atoms with Gasteiger partial charge in [-0.05, 0) is 58.0 Å². The molecule has 0 fully saturated rings. The predicted octanol–water partition coefficient (Wildman–Crippen LogP) is 4.17. The van der Waals surface area contributed by atoms with Gasteiger partial charge in [0.05, 0.1) is 12.1 Å². The summed E-state index contributed by atoms with van der Waals surface area (Å²) in [5.41, 5.74) is 1.28. The smallest absolute Gasteiger partial charge is 0.137 e. The van der Waals surface area contributed by atoms with Crippen LogP contribution in [0, 0.1) is 9.39 Å². The molecule has 0 amide bonds. The monoisotopic (exact) mass is 392 g/mol. The van der Waals surface area contributed by atoms with Crippen molar-refractivity contribution < 1.29 is 14.2 Å². The van der Waals surface area contributed by atoms with Gasteiger partial charge in [-0.15, -0.1) is 0 Å². The SMILES string of the molecule is COc1ccc(C(O)c2ccc(F)cc2I)cc1Cl. The highest BCUT2D eigenvalue weighted by atomic mass is 127. The van der Waals surface area contributed by atoms with Crippen LogP contribution in [0.25, 0.3) is 0 Å². The summed E-state index contributed by atoms with van der Waals surface area (Å²) < 4.78 is 18.8. The topological polar surface area (TPSA) is 29.5 Å². The fourth-order valence-electron chi connectivity index (χ4n) is 1.76. The largest absolute Gasteiger partial charge is 0.495 e. The zero-order valence-electron chi connectivity index (χ0n) is 10.0. The molecule has 2 rings (SSSR count). The molecule has 0 aromatic heterocycles. The minimum atomic E-state index is -0.851. The fraction of sp³-hybridized carbons (Fsp3) is 0.143. The molecule has 1 N–H and O–H groups in total. The maximum absolute atomic E-state index is 13.1. The third-order valence-corrected chi connectivity index (χ3v) is 3.98. The standard InChI is InChI=1S/C14H11ClFIO2/c1-19-13-5-2-8(6-11(13)15)14(18)10-4-3-9(16)7-12(10)17/h2-7,14,18H,1H3. The summed E-state index contributed by atoms with van der Waals surface area (Å²) in [4.78, 5) is 0. The lowest BCUT2D eigenvalue weighted by Gasteiger charge is -2.14. The number of halogens is 3. The molecule has 2 aromatic carbocycles. The van der Waals surface area contributed by atoms with Gasteiger partial charge in [-0.3, -0.25) is 0 Å². The van der Waals surface area contributed by atoms with Crippen molar-refractivity contribution in [3.63, 3.8) is 0 Å². The lowest BCUT2D eigenvalue weighted by molar-refractivity contribution is 0.219. The molecule has 0 heterocycles. The van der Waals surface area contributed by atoms with Crippen LogP contribution in [-0.4, -0.2) is 12.2 Å². The summed E-state index contributed by atoms with van der Waals surface area (Å²) in [6, 6.07) is 9.34. The van der Waals surface area contributed by atoms with Crippen molar-refractivity contribution >= 4 is 34.2 Å². The van der Waals surface area contributed by atoms with Crippen molar-refractivity contribution in [2.45, 2.75) is 6.10 Å². The Bertz CT molecular complexity index is 604. The molecule has 5 heteroatoms. The second-order valence-electron chi connectivity index (χ2n) is 3.96. The summed E-state index contributed by atoms with van der Waals surface area (Å²) in [6.45, 7) is 0. The molecular weight excluding hydrogens is 382 g/mol. The molecule has 0 bridgehead atoms. The molecule has 2 nitrogen and oxygen atoms in total. The number of aliphatic hydroxyl groups excluding tert-OH is 1. The number of ether oxygens (including phenoxy) is 1. The number of rotatable bonds is 3. The summed E-state index contributed by atoms with van der Waals surface area (Å²) in [5.74, 6) is 0.222. The number of aliphatic hydroxyl groups is 1. The van der Waals surface area contributed by atoms with Crippen LogP contribution in [0.2, 0.25) is 5.02 Å². The molecule has 1 unspecified atom stereocenters. The fourth-order valence-corrected chi connectivity index (χ4v) is 2.79. The molecule has 19 heavy (non-hydrogen) atoms. The quantitative estimate of drug-likeness (QED) is 0.794. The van der Waals surface area contributed by atoms with E-state index in [1.165, 1.54) is 19.2 Å². The van der Waals surface area contributed by atoms with Gasteiger partial charge < -0.3 is 9.84 Å². The van der Waals surface area contributed by atoms with Crippen molar-refractivity contribution in [3.05, 3.63) is 61.9 Å². The van der Waals surface area contributed by atoms with Gasteiger partial charge in [0.25, 0.3) is 0 Å². The zero-order chi connectivity index (χ0) is 14.0. The summed E-state index contributed by atoms with van der Waals surface area (Å²) in [5, 5.41) is 10.8. The van der Waals surface area contributed by atoms with Gasteiger partial charge in [-0.25, -0.2) is 4.39 Å². The average molecular weight is 393 g/mol. The van der Waals surface area contributed by atoms with Gasteiger partial charge >= 0.3 is 0 Å². The second-order valence-corrected chi connectivity index (χ2v) is 5.53. The molecule has 100 valence electrons. The molecule has 0 aliphatic rings. The van der Waals surface area contributed by atoms with E-state index in [2.05, 4.69) is 0 Å². The van der Waals surface area contributed by atoms with Crippen LogP contribution >= 0.6 is 34.2 Å². The third-order valence-electron chi connectivity index (χ3n) is 2.75. The average Bonchev–Trinajstić information content (AvgIpc) is 2.38. The van der Waals surface area contributed by atoms with Gasteiger partial charge in [-0.1, -0.05) is 23.7 Å². The Morgan fingerprint density at radius 3 is 2.58 bits per heavy atom. The lowest BCUT2D eigenvalue weighted by atomic mass is 10.0. The molecule has 0 aliphatic carbocycles. The van der Waals surface area contributed by atoms with E-state index in [0.717, 1.165) is 0 Å². The first-order chi connectivity index (χ1) is 9.02. The number of methoxy groups -OCH3 is 1. The maximum atomic E-state index is 13.1. The highest BCUT2D eigenvalue weighted by molar-refractivity contribution is 14.1. The van der Waals surface area contributed by atoms with Gasteiger partial charge in [0.2, 0.25) is 0 Å². The third kappa shape index (κ3) is 3.19. The van der Waals surface area contributed by atoms with E-state index in [0.29, 0.717) is 25.5 Å². The van der Waals surface area contributed by atoms with E-state index in [-0.39, 0.29) is 5.82 Å². The molecule has 0 saturated carbocycles. The van der Waals surface area contributed by atoms with Gasteiger partial charge in [0, 0.05) is 3.57 Å². The van der Waals surface area contributed by atoms with Gasteiger partial charge in [-0.2, -0.15) is 0 Å². The van der Waals surface area contributed by atoms with Gasteiger partial charge in [0.1, 0.15) is 17.7 Å². The van der Waals surface area contributed by atoms with Crippen LogP contribution in [-0.2, 0) is 0 Å². The first-order valence-corrected chi connectivity index (χ1v) is 6.95. The normalized spacial score (nSPS) is 12.3. The first kappa shape index (κ1) is 14.6. The van der Waals surface area contributed by atoms with E-state index < -0.39 is 6.10 Å². The maximum Gasteiger partial charge on any atom is 0.137 e. The van der Waals surface area contributed by atoms with E-state index >= 15 is 0 Å². The van der Waals surface area contributed by atoms with Crippen LogP contribution in [0.3, 0.4) is 0 Å². The molecule has 0 radical (unpaired) electrons. The molecule has 0 spiro atoms. The minimum absolute atomic E-state index is 0.326. The zero-order valence-corrected chi connectivity index (χ0v) is 12.9. The summed E-state index contributed by atoms with van der Waals surface area (Å²) >= 11 is 8.02. The molecular formula is C14H11ClFIO2. The number of hydrogen-bond donors (Lipinski definition) is 1. The van der Waals surface area contributed by atoms with Crippen LogP contribution in [0.5, 0.6) is 5.75 Å². The first-order valence-electron chi connectivity index (χ1n) is 5.49. The number of benzene rings is 2. The highest BCUT2D eigenvalue weighted by Gasteiger charge is 2.15. The molecule has 0 aliphatic heterocycles. The van der Waals surface area contributed by atoms with E-state index in [9.17, 15) is 9.50 Å². The summed E-state index contributed by atoms with van der Waals surface area (Å²) in [7, 11) is 1.53. The second kappa shape index (κ2) is 6.07. The Hall–Kier alpha value is -0.850. The van der Waals surface area contributed by atoms with Crippen molar-refractivity contribution in [1.82, 2.24) is 0 Å². The Labute approximate surface area is 129 Å². The Morgan fingerprint density at radius 1 is 1.26 bits per heavy atom. The van der Waals surface area contributed by atoms with Crippen molar-refractivity contribution in [2.24, 2.45) is 0 Å². The van der Waals surface area contributed by atoms with E-state index in [1.54, 1.807) is 24.3 Å². The lowest BCUT2D eigenvalue weighted by Crippen LogP contribution is -2.02. The molecule has 2 aromatic rings. The highest BCUT2D eigenvalue weighted by Crippen LogP contribution is 2.32.